The number of nitrogens with zero attached hydrogens (tertiary/aromatic N) is 2. The Hall–Kier alpha value is -1.47. The van der Waals surface area contributed by atoms with Crippen LogP contribution in [0.25, 0.3) is 0 Å². The highest BCUT2D eigenvalue weighted by molar-refractivity contribution is 5.75. The number of likely N-dealkylation sites (tertiary alicyclic amines) is 2. The highest BCUT2D eigenvalue weighted by atomic mass is 19.4. The minimum Gasteiger partial charge on any atom is -0.481 e. The van der Waals surface area contributed by atoms with Crippen LogP contribution in [-0.4, -0.2) is 59.3 Å². The van der Waals surface area contributed by atoms with E-state index in [-0.39, 0.29) is 44.3 Å². The maximum Gasteiger partial charge on any atom is 0.391 e. The summed E-state index contributed by atoms with van der Waals surface area (Å²) in [5.74, 6) is -2.26. The molecule has 8 heteroatoms. The standard InChI is InChI=1S/C13H19F3N2O3/c14-13(15,16)10-2-5-17(6-3-10)12(21)18-4-1-9(8-18)7-11(19)20/h9-10H,1-8H2,(H,19,20). The number of carbonyl (C=O) groups is 2. The normalized spacial score (nSPS) is 24.4. The van der Waals surface area contributed by atoms with Crippen molar-refractivity contribution in [3.8, 4) is 0 Å². The number of piperidine rings is 1. The molecule has 0 aliphatic carbocycles. The van der Waals surface area contributed by atoms with Crippen molar-refractivity contribution >= 4 is 12.0 Å². The number of hydrogen-bond acceptors (Lipinski definition) is 2. The number of amides is 2. The molecule has 0 spiro atoms. The molecule has 120 valence electrons. The second-order valence-electron chi connectivity index (χ2n) is 5.78. The van der Waals surface area contributed by atoms with Gasteiger partial charge in [0.2, 0.25) is 0 Å². The van der Waals surface area contributed by atoms with E-state index in [9.17, 15) is 22.8 Å². The van der Waals surface area contributed by atoms with Crippen LogP contribution in [0.15, 0.2) is 0 Å². The van der Waals surface area contributed by atoms with Crippen LogP contribution in [0.3, 0.4) is 0 Å². The van der Waals surface area contributed by atoms with Crippen molar-refractivity contribution in [2.75, 3.05) is 26.2 Å². The van der Waals surface area contributed by atoms with Crippen LogP contribution in [0.2, 0.25) is 0 Å². The van der Waals surface area contributed by atoms with Gasteiger partial charge >= 0.3 is 18.2 Å². The van der Waals surface area contributed by atoms with Gasteiger partial charge in [0.05, 0.1) is 5.92 Å². The monoisotopic (exact) mass is 308 g/mol. The fourth-order valence-corrected chi connectivity index (χ4v) is 3.02. The van der Waals surface area contributed by atoms with E-state index in [1.54, 1.807) is 4.90 Å². The molecule has 2 rings (SSSR count). The Morgan fingerprint density at radius 3 is 2.14 bits per heavy atom. The van der Waals surface area contributed by atoms with E-state index in [1.165, 1.54) is 4.90 Å². The predicted molar refractivity (Wildman–Crippen MR) is 67.7 cm³/mol. The first-order chi connectivity index (χ1) is 9.77. The van der Waals surface area contributed by atoms with Gasteiger partial charge in [-0.1, -0.05) is 0 Å². The quantitative estimate of drug-likeness (QED) is 0.850. The van der Waals surface area contributed by atoms with E-state index in [0.717, 1.165) is 0 Å². The largest absolute Gasteiger partial charge is 0.481 e. The second kappa shape index (κ2) is 6.11. The number of carboxylic acids is 1. The zero-order chi connectivity index (χ0) is 15.6. The number of urea groups is 1. The Morgan fingerprint density at radius 1 is 1.05 bits per heavy atom. The first-order valence-electron chi connectivity index (χ1n) is 7.09. The Balaban J connectivity index is 1.82. The molecular formula is C13H19F3N2O3. The maximum absolute atomic E-state index is 12.6. The zero-order valence-corrected chi connectivity index (χ0v) is 11.6. The van der Waals surface area contributed by atoms with Crippen molar-refractivity contribution in [1.82, 2.24) is 9.80 Å². The molecule has 1 N–H and O–H groups in total. The van der Waals surface area contributed by atoms with Gasteiger partial charge in [-0.05, 0) is 25.2 Å². The smallest absolute Gasteiger partial charge is 0.391 e. The number of hydrogen-bond donors (Lipinski definition) is 1. The van der Waals surface area contributed by atoms with E-state index in [0.29, 0.717) is 19.5 Å². The molecule has 1 unspecified atom stereocenters. The van der Waals surface area contributed by atoms with Gasteiger partial charge in [0.15, 0.2) is 0 Å². The lowest BCUT2D eigenvalue weighted by Crippen LogP contribution is -2.47. The summed E-state index contributed by atoms with van der Waals surface area (Å²) >= 11 is 0. The predicted octanol–water partition coefficient (Wildman–Crippen LogP) is 2.18. The van der Waals surface area contributed by atoms with Crippen LogP contribution in [0.1, 0.15) is 25.7 Å². The van der Waals surface area contributed by atoms with Crippen molar-refractivity contribution in [2.24, 2.45) is 11.8 Å². The third kappa shape index (κ3) is 4.01. The Labute approximate surface area is 120 Å². The van der Waals surface area contributed by atoms with Gasteiger partial charge in [-0.25, -0.2) is 4.79 Å². The van der Waals surface area contributed by atoms with Gasteiger partial charge in [0, 0.05) is 32.6 Å². The Kier molecular flexibility index (Phi) is 4.63. The van der Waals surface area contributed by atoms with E-state index in [1.807, 2.05) is 0 Å². The molecule has 2 heterocycles. The van der Waals surface area contributed by atoms with Crippen LogP contribution >= 0.6 is 0 Å². The van der Waals surface area contributed by atoms with E-state index >= 15 is 0 Å². The van der Waals surface area contributed by atoms with Crippen molar-refractivity contribution < 1.29 is 27.9 Å². The summed E-state index contributed by atoms with van der Waals surface area (Å²) < 4.78 is 37.7. The fourth-order valence-electron chi connectivity index (χ4n) is 3.02. The number of alkyl halides is 3. The van der Waals surface area contributed by atoms with Crippen molar-refractivity contribution in [3.05, 3.63) is 0 Å². The molecule has 2 saturated heterocycles. The van der Waals surface area contributed by atoms with Gasteiger partial charge in [0.25, 0.3) is 0 Å². The van der Waals surface area contributed by atoms with Gasteiger partial charge in [-0.3, -0.25) is 4.79 Å². The molecule has 1 atom stereocenters. The van der Waals surface area contributed by atoms with E-state index in [4.69, 9.17) is 5.11 Å². The van der Waals surface area contributed by atoms with Gasteiger partial charge < -0.3 is 14.9 Å². The SMILES string of the molecule is O=C(O)CC1CCN(C(=O)N2CCC(C(F)(F)F)CC2)C1. The average Bonchev–Trinajstić information content (AvgIpc) is 2.84. The van der Waals surface area contributed by atoms with Crippen molar-refractivity contribution in [1.29, 1.82) is 0 Å². The lowest BCUT2D eigenvalue weighted by Gasteiger charge is -2.35. The number of aliphatic carboxylic acids is 1. The molecule has 0 radical (unpaired) electrons. The molecule has 2 fully saturated rings. The molecule has 21 heavy (non-hydrogen) atoms. The summed E-state index contributed by atoms with van der Waals surface area (Å²) in [7, 11) is 0. The number of halogens is 3. The molecule has 0 saturated carbocycles. The Morgan fingerprint density at radius 2 is 1.62 bits per heavy atom. The number of rotatable bonds is 2. The third-order valence-electron chi connectivity index (χ3n) is 4.25. The third-order valence-corrected chi connectivity index (χ3v) is 4.25. The van der Waals surface area contributed by atoms with Gasteiger partial charge in [0.1, 0.15) is 0 Å². The lowest BCUT2D eigenvalue weighted by atomic mass is 9.96. The molecule has 0 bridgehead atoms. The summed E-state index contributed by atoms with van der Waals surface area (Å²) in [4.78, 5) is 25.9. The highest BCUT2D eigenvalue weighted by Crippen LogP contribution is 2.34. The van der Waals surface area contributed by atoms with Crippen LogP contribution in [-0.2, 0) is 4.79 Å². The topological polar surface area (TPSA) is 60.9 Å². The molecular weight excluding hydrogens is 289 g/mol. The van der Waals surface area contributed by atoms with Gasteiger partial charge in [-0.15, -0.1) is 0 Å². The molecule has 2 aliphatic heterocycles. The first-order valence-corrected chi connectivity index (χ1v) is 7.09. The molecule has 0 aromatic heterocycles. The summed E-state index contributed by atoms with van der Waals surface area (Å²) in [6.07, 6.45) is -3.63. The molecule has 2 aliphatic rings. The maximum atomic E-state index is 12.6. The van der Waals surface area contributed by atoms with Crippen LogP contribution in [0.5, 0.6) is 0 Å². The number of carbonyl (C=O) groups excluding carboxylic acids is 1. The fraction of sp³-hybridized carbons (Fsp3) is 0.846. The highest BCUT2D eigenvalue weighted by Gasteiger charge is 2.42. The lowest BCUT2D eigenvalue weighted by molar-refractivity contribution is -0.183. The van der Waals surface area contributed by atoms with Crippen LogP contribution in [0.4, 0.5) is 18.0 Å². The van der Waals surface area contributed by atoms with E-state index in [2.05, 4.69) is 0 Å². The first kappa shape index (κ1) is 15.9. The summed E-state index contributed by atoms with van der Waals surface area (Å²) in [5, 5.41) is 8.73. The molecule has 0 aromatic rings. The molecule has 5 nitrogen and oxygen atoms in total. The summed E-state index contributed by atoms with van der Waals surface area (Å²) in [5.41, 5.74) is 0. The van der Waals surface area contributed by atoms with Crippen LogP contribution < -0.4 is 0 Å². The summed E-state index contributed by atoms with van der Waals surface area (Å²) in [6.45, 7) is 1.09. The van der Waals surface area contributed by atoms with E-state index < -0.39 is 18.1 Å². The van der Waals surface area contributed by atoms with Gasteiger partial charge in [-0.2, -0.15) is 13.2 Å². The second-order valence-corrected chi connectivity index (χ2v) is 5.78. The zero-order valence-electron chi connectivity index (χ0n) is 11.6. The Bertz CT molecular complexity index is 406. The van der Waals surface area contributed by atoms with Crippen LogP contribution in [0, 0.1) is 11.8 Å². The summed E-state index contributed by atoms with van der Waals surface area (Å²) in [6, 6.07) is -0.261. The molecule has 0 aromatic carbocycles. The van der Waals surface area contributed by atoms with Crippen molar-refractivity contribution in [3.63, 3.8) is 0 Å². The minimum atomic E-state index is -4.19. The molecule has 2 amide bonds. The average molecular weight is 308 g/mol. The van der Waals surface area contributed by atoms with Crippen molar-refractivity contribution in [2.45, 2.75) is 31.9 Å². The number of carboxylic acid groups (broad SMARTS) is 1. The minimum absolute atomic E-state index is 0.0277.